The van der Waals surface area contributed by atoms with Crippen molar-refractivity contribution in [2.45, 2.75) is 31.4 Å². The Labute approximate surface area is 282 Å². The first-order valence-corrected chi connectivity index (χ1v) is 15.6. The summed E-state index contributed by atoms with van der Waals surface area (Å²) in [5, 5.41) is 13.8. The zero-order valence-corrected chi connectivity index (χ0v) is 26.8. The summed E-state index contributed by atoms with van der Waals surface area (Å²) >= 11 is 0. The third-order valence-corrected chi connectivity index (χ3v) is 7.54. The monoisotopic (exact) mass is 674 g/mol. The van der Waals surface area contributed by atoms with Crippen molar-refractivity contribution in [2.24, 2.45) is 12.8 Å². The van der Waals surface area contributed by atoms with E-state index in [9.17, 15) is 23.1 Å². The highest BCUT2D eigenvalue weighted by Crippen LogP contribution is 2.31. The van der Waals surface area contributed by atoms with Crippen LogP contribution in [0.15, 0.2) is 109 Å². The van der Waals surface area contributed by atoms with Crippen LogP contribution >= 0.6 is 0 Å². The molecule has 0 spiro atoms. The van der Waals surface area contributed by atoms with Crippen LogP contribution < -0.4 is 25.3 Å². The standard InChI is InChI=1S/C37H37F3N4O5/c1-44-22-34(37(38,39)40)43-36(44)27-12-14-29(15-13-27)47-24-28(45)20-42-21-31(18-25-8-4-2-5-9-25)49-30-16-17-33(32(19-30)35(41)46)48-23-26-10-6-3-7-11-26/h2-17,19,22,28,31,42,45H,18,20-21,23-24H2,1H3,(H2,41,46). The van der Waals surface area contributed by atoms with Crippen molar-refractivity contribution < 1.29 is 37.3 Å². The Balaban J connectivity index is 1.16. The van der Waals surface area contributed by atoms with Crippen LogP contribution in [-0.2, 0) is 26.3 Å². The molecule has 4 N–H and O–H groups in total. The lowest BCUT2D eigenvalue weighted by molar-refractivity contribution is -0.140. The second-order valence-electron chi connectivity index (χ2n) is 11.4. The average Bonchev–Trinajstić information content (AvgIpc) is 3.50. The van der Waals surface area contributed by atoms with Crippen LogP contribution in [0, 0.1) is 0 Å². The van der Waals surface area contributed by atoms with E-state index >= 15 is 0 Å². The molecule has 9 nitrogen and oxygen atoms in total. The van der Waals surface area contributed by atoms with E-state index in [-0.39, 0.29) is 37.3 Å². The average molecular weight is 675 g/mol. The number of nitrogens with one attached hydrogen (secondary N) is 1. The molecular weight excluding hydrogens is 637 g/mol. The Morgan fingerprint density at radius 1 is 0.898 bits per heavy atom. The summed E-state index contributed by atoms with van der Waals surface area (Å²) in [4.78, 5) is 16.0. The lowest BCUT2D eigenvalue weighted by atomic mass is 10.1. The van der Waals surface area contributed by atoms with E-state index in [1.807, 2.05) is 60.7 Å². The number of primary amides is 1. The number of aryl methyl sites for hydroxylation is 1. The van der Waals surface area contributed by atoms with Gasteiger partial charge in [0, 0.05) is 38.3 Å². The van der Waals surface area contributed by atoms with E-state index in [1.165, 1.54) is 11.6 Å². The summed E-state index contributed by atoms with van der Waals surface area (Å²) in [6.45, 7) is 0.807. The Kier molecular flexibility index (Phi) is 11.6. The van der Waals surface area contributed by atoms with Gasteiger partial charge >= 0.3 is 6.18 Å². The minimum atomic E-state index is -4.53. The highest BCUT2D eigenvalue weighted by molar-refractivity contribution is 5.96. The number of alkyl halides is 3. The maximum atomic E-state index is 13.0. The quantitative estimate of drug-likeness (QED) is 0.121. The van der Waals surface area contributed by atoms with Gasteiger partial charge in [0.1, 0.15) is 48.5 Å². The second kappa shape index (κ2) is 16.2. The molecule has 0 saturated carbocycles. The Morgan fingerprint density at radius 2 is 1.55 bits per heavy atom. The van der Waals surface area contributed by atoms with Crippen LogP contribution in [0.2, 0.25) is 0 Å². The zero-order chi connectivity index (χ0) is 34.8. The van der Waals surface area contributed by atoms with Gasteiger partial charge in [0.15, 0.2) is 5.69 Å². The number of imidazole rings is 1. The highest BCUT2D eigenvalue weighted by atomic mass is 19.4. The molecule has 0 saturated heterocycles. The minimum Gasteiger partial charge on any atom is -0.491 e. The van der Waals surface area contributed by atoms with E-state index in [1.54, 1.807) is 42.5 Å². The van der Waals surface area contributed by atoms with Crippen molar-refractivity contribution in [3.8, 4) is 28.6 Å². The van der Waals surface area contributed by atoms with Crippen LogP contribution in [0.5, 0.6) is 17.2 Å². The predicted octanol–water partition coefficient (Wildman–Crippen LogP) is 5.80. The van der Waals surface area contributed by atoms with Crippen molar-refractivity contribution in [3.05, 3.63) is 132 Å². The number of amides is 1. The summed E-state index contributed by atoms with van der Waals surface area (Å²) in [7, 11) is 1.50. The normalized spacial score (nSPS) is 12.7. The molecule has 4 aromatic carbocycles. The number of aliphatic hydroxyl groups excluding tert-OH is 1. The van der Waals surface area contributed by atoms with Crippen LogP contribution in [-0.4, -0.2) is 52.5 Å². The summed E-state index contributed by atoms with van der Waals surface area (Å²) in [5.41, 5.74) is 7.40. The summed E-state index contributed by atoms with van der Waals surface area (Å²) < 4.78 is 58.3. The molecule has 0 aliphatic carbocycles. The van der Waals surface area contributed by atoms with Crippen LogP contribution in [0.3, 0.4) is 0 Å². The van der Waals surface area contributed by atoms with Crippen molar-refractivity contribution >= 4 is 5.91 Å². The fourth-order valence-corrected chi connectivity index (χ4v) is 5.09. The number of carbonyl (C=O) groups is 1. The van der Waals surface area contributed by atoms with E-state index in [0.29, 0.717) is 35.8 Å². The van der Waals surface area contributed by atoms with Crippen LogP contribution in [0.25, 0.3) is 11.4 Å². The fraction of sp³-hybridized carbons (Fsp3) is 0.243. The Hall–Kier alpha value is -5.33. The lowest BCUT2D eigenvalue weighted by Crippen LogP contribution is -2.38. The van der Waals surface area contributed by atoms with Gasteiger partial charge in [-0.3, -0.25) is 4.79 Å². The molecule has 0 fully saturated rings. The molecule has 5 aromatic rings. The number of nitrogens with two attached hydrogens (primary N) is 1. The van der Waals surface area contributed by atoms with E-state index in [0.717, 1.165) is 17.3 Å². The number of rotatable bonds is 16. The number of hydrogen-bond donors (Lipinski definition) is 3. The van der Waals surface area contributed by atoms with Gasteiger partial charge in [-0.15, -0.1) is 0 Å². The van der Waals surface area contributed by atoms with Gasteiger partial charge in [0.05, 0.1) is 5.56 Å². The zero-order valence-electron chi connectivity index (χ0n) is 26.8. The van der Waals surface area contributed by atoms with Gasteiger partial charge in [-0.05, 0) is 53.6 Å². The van der Waals surface area contributed by atoms with E-state index in [4.69, 9.17) is 19.9 Å². The maximum absolute atomic E-state index is 13.0. The topological polar surface area (TPSA) is 121 Å². The molecule has 5 rings (SSSR count). The minimum absolute atomic E-state index is 0.0242. The summed E-state index contributed by atoms with van der Waals surface area (Å²) in [6, 6.07) is 30.7. The number of aliphatic hydroxyl groups is 1. The number of hydrogen-bond acceptors (Lipinski definition) is 7. The number of benzene rings is 4. The van der Waals surface area contributed by atoms with Crippen molar-refractivity contribution in [3.63, 3.8) is 0 Å². The number of aromatic nitrogens is 2. The Bertz CT molecular complexity index is 1800. The Morgan fingerprint density at radius 3 is 2.18 bits per heavy atom. The van der Waals surface area contributed by atoms with Crippen molar-refractivity contribution in [1.29, 1.82) is 0 Å². The molecule has 0 radical (unpaired) electrons. The number of halogens is 3. The first-order chi connectivity index (χ1) is 23.5. The maximum Gasteiger partial charge on any atom is 0.434 e. The van der Waals surface area contributed by atoms with Gasteiger partial charge < -0.3 is 34.9 Å². The smallest absolute Gasteiger partial charge is 0.434 e. The molecule has 1 amide bonds. The van der Waals surface area contributed by atoms with Gasteiger partial charge in [-0.1, -0.05) is 60.7 Å². The number of ether oxygens (including phenoxy) is 3. The number of carbonyl (C=O) groups excluding carboxylic acids is 1. The predicted molar refractivity (Wildman–Crippen MR) is 178 cm³/mol. The van der Waals surface area contributed by atoms with Gasteiger partial charge in [-0.2, -0.15) is 13.2 Å². The SMILES string of the molecule is Cn1cc(C(F)(F)F)nc1-c1ccc(OCC(O)CNCC(Cc2ccccc2)Oc2ccc(OCc3ccccc3)c(C(N)=O)c2)cc1. The number of nitrogens with zero attached hydrogens (tertiary/aromatic N) is 2. The molecular formula is C37H37F3N4O5. The van der Waals surface area contributed by atoms with E-state index in [2.05, 4.69) is 10.3 Å². The molecule has 0 aliphatic rings. The van der Waals surface area contributed by atoms with E-state index < -0.39 is 23.9 Å². The molecule has 12 heteroatoms. The van der Waals surface area contributed by atoms with Crippen molar-refractivity contribution in [1.82, 2.24) is 14.9 Å². The first kappa shape index (κ1) is 35.0. The highest BCUT2D eigenvalue weighted by Gasteiger charge is 2.34. The summed E-state index contributed by atoms with van der Waals surface area (Å²) in [6.07, 6.45) is -4.29. The third-order valence-electron chi connectivity index (χ3n) is 7.54. The second-order valence-corrected chi connectivity index (χ2v) is 11.4. The van der Waals surface area contributed by atoms with Crippen LogP contribution in [0.1, 0.15) is 27.2 Å². The van der Waals surface area contributed by atoms with Crippen molar-refractivity contribution in [2.75, 3.05) is 19.7 Å². The molecule has 1 heterocycles. The van der Waals surface area contributed by atoms with Gasteiger partial charge in [-0.25, -0.2) is 4.98 Å². The van der Waals surface area contributed by atoms with Crippen LogP contribution in [0.4, 0.5) is 13.2 Å². The molecule has 1 aromatic heterocycles. The molecule has 256 valence electrons. The van der Waals surface area contributed by atoms with Gasteiger partial charge in [0.25, 0.3) is 5.91 Å². The fourth-order valence-electron chi connectivity index (χ4n) is 5.09. The summed E-state index contributed by atoms with van der Waals surface area (Å²) in [5.74, 6) is 0.770. The molecule has 49 heavy (non-hydrogen) atoms. The third kappa shape index (κ3) is 10.1. The van der Waals surface area contributed by atoms with Gasteiger partial charge in [0.2, 0.25) is 0 Å². The largest absolute Gasteiger partial charge is 0.491 e. The molecule has 0 aliphatic heterocycles. The molecule has 2 atom stereocenters. The first-order valence-electron chi connectivity index (χ1n) is 15.6. The molecule has 0 bridgehead atoms. The molecule has 2 unspecified atom stereocenters. The lowest BCUT2D eigenvalue weighted by Gasteiger charge is -2.22.